The summed E-state index contributed by atoms with van der Waals surface area (Å²) in [6, 6.07) is 4.07. The summed E-state index contributed by atoms with van der Waals surface area (Å²) in [4.78, 5) is 2.70. The van der Waals surface area contributed by atoms with Gasteiger partial charge in [-0.25, -0.2) is 0 Å². The van der Waals surface area contributed by atoms with E-state index in [0.717, 1.165) is 18.9 Å². The molecule has 2 atom stereocenters. The van der Waals surface area contributed by atoms with E-state index in [1.54, 1.807) is 7.11 Å². The van der Waals surface area contributed by atoms with Crippen LogP contribution in [0.1, 0.15) is 43.2 Å². The van der Waals surface area contributed by atoms with Crippen molar-refractivity contribution < 1.29 is 9.84 Å². The highest BCUT2D eigenvalue weighted by Gasteiger charge is 2.53. The highest BCUT2D eigenvalue weighted by atomic mass is 16.5. The van der Waals surface area contributed by atoms with Gasteiger partial charge in [0.15, 0.2) is 11.5 Å². The van der Waals surface area contributed by atoms with Gasteiger partial charge < -0.3 is 9.84 Å². The molecule has 2 fully saturated rings. The Labute approximate surface area is 120 Å². The van der Waals surface area contributed by atoms with E-state index in [4.69, 9.17) is 4.74 Å². The largest absolute Gasteiger partial charge is 0.504 e. The van der Waals surface area contributed by atoms with Gasteiger partial charge in [-0.15, -0.1) is 0 Å². The van der Waals surface area contributed by atoms with Crippen molar-refractivity contribution in [2.45, 2.75) is 44.1 Å². The molecule has 0 unspecified atom stereocenters. The van der Waals surface area contributed by atoms with Crippen molar-refractivity contribution in [3.05, 3.63) is 23.3 Å². The van der Waals surface area contributed by atoms with Crippen LogP contribution in [0.15, 0.2) is 12.1 Å². The Hall–Kier alpha value is -1.22. The quantitative estimate of drug-likeness (QED) is 0.853. The lowest BCUT2D eigenvalue weighted by atomic mass is 9.66. The number of fused-ring (bicyclic) bond motifs is 1. The first-order valence-electron chi connectivity index (χ1n) is 7.91. The number of aromatic hydroxyl groups is 1. The topological polar surface area (TPSA) is 32.7 Å². The highest BCUT2D eigenvalue weighted by molar-refractivity contribution is 5.51. The molecule has 3 aliphatic rings. The molecule has 1 aromatic carbocycles. The summed E-state index contributed by atoms with van der Waals surface area (Å²) >= 11 is 0. The van der Waals surface area contributed by atoms with E-state index >= 15 is 0 Å². The van der Waals surface area contributed by atoms with Crippen molar-refractivity contribution in [1.82, 2.24) is 4.90 Å². The summed E-state index contributed by atoms with van der Waals surface area (Å²) in [6.07, 6.45) is 7.71. The van der Waals surface area contributed by atoms with Gasteiger partial charge in [-0.2, -0.15) is 0 Å². The summed E-state index contributed by atoms with van der Waals surface area (Å²) in [5.74, 6) is 1.71. The molecule has 2 heterocycles. The number of hydrogen-bond donors (Lipinski definition) is 1. The Bertz CT molecular complexity index is 542. The number of rotatable bonds is 1. The maximum atomic E-state index is 10.2. The number of ether oxygens (including phenoxy) is 1. The molecule has 20 heavy (non-hydrogen) atoms. The van der Waals surface area contributed by atoms with E-state index in [-0.39, 0.29) is 5.54 Å². The van der Waals surface area contributed by atoms with Crippen LogP contribution in [-0.2, 0) is 12.0 Å². The van der Waals surface area contributed by atoms with Crippen LogP contribution in [0.3, 0.4) is 0 Å². The van der Waals surface area contributed by atoms with Crippen LogP contribution >= 0.6 is 0 Å². The number of hydrogen-bond acceptors (Lipinski definition) is 3. The van der Waals surface area contributed by atoms with Crippen molar-refractivity contribution in [3.8, 4) is 11.5 Å². The van der Waals surface area contributed by atoms with E-state index in [0.29, 0.717) is 11.5 Å². The first-order chi connectivity index (χ1) is 9.75. The second kappa shape index (κ2) is 4.39. The molecule has 1 spiro atoms. The molecule has 0 bridgehead atoms. The summed E-state index contributed by atoms with van der Waals surface area (Å²) in [6.45, 7) is 2.40. The molecule has 4 rings (SSSR count). The fourth-order valence-corrected chi connectivity index (χ4v) is 5.01. The van der Waals surface area contributed by atoms with Crippen LogP contribution in [0, 0.1) is 5.92 Å². The molecule has 3 nitrogen and oxygen atoms in total. The Balaban J connectivity index is 1.89. The van der Waals surface area contributed by atoms with Gasteiger partial charge in [0.25, 0.3) is 0 Å². The van der Waals surface area contributed by atoms with E-state index in [1.807, 2.05) is 6.07 Å². The second-order valence-electron chi connectivity index (χ2n) is 6.57. The maximum Gasteiger partial charge on any atom is 0.160 e. The molecular weight excluding hydrogens is 250 g/mol. The Kier molecular flexibility index (Phi) is 2.75. The van der Waals surface area contributed by atoms with Crippen LogP contribution in [0.25, 0.3) is 0 Å². The molecule has 1 aromatic rings. The van der Waals surface area contributed by atoms with Crippen LogP contribution < -0.4 is 4.74 Å². The minimum atomic E-state index is 0.218. The van der Waals surface area contributed by atoms with Crippen LogP contribution in [0.4, 0.5) is 0 Å². The maximum absolute atomic E-state index is 10.2. The number of benzene rings is 1. The molecule has 0 amide bonds. The van der Waals surface area contributed by atoms with Gasteiger partial charge in [0.2, 0.25) is 0 Å². The Morgan fingerprint density at radius 1 is 1.25 bits per heavy atom. The number of methoxy groups -OCH3 is 1. The predicted molar refractivity (Wildman–Crippen MR) is 78.2 cm³/mol. The van der Waals surface area contributed by atoms with Gasteiger partial charge in [0, 0.05) is 12.1 Å². The van der Waals surface area contributed by atoms with Crippen molar-refractivity contribution in [2.24, 2.45) is 5.92 Å². The van der Waals surface area contributed by atoms with E-state index in [2.05, 4.69) is 11.0 Å². The van der Waals surface area contributed by atoms with E-state index in [1.165, 1.54) is 49.8 Å². The first kappa shape index (κ1) is 12.5. The molecule has 108 valence electrons. The molecule has 3 heteroatoms. The zero-order chi connectivity index (χ0) is 13.7. The van der Waals surface area contributed by atoms with E-state index < -0.39 is 0 Å². The lowest BCUT2D eigenvalue weighted by Crippen LogP contribution is -2.50. The molecule has 1 N–H and O–H groups in total. The summed E-state index contributed by atoms with van der Waals surface area (Å²) < 4.78 is 5.29. The molecule has 1 saturated heterocycles. The van der Waals surface area contributed by atoms with Gasteiger partial charge in [0.05, 0.1) is 7.11 Å². The number of phenolic OH excluding ortho intramolecular Hbond substituents is 1. The number of nitrogens with zero attached hydrogens (tertiary/aromatic N) is 1. The fourth-order valence-electron chi connectivity index (χ4n) is 5.01. The fraction of sp³-hybridized carbons (Fsp3) is 0.647. The van der Waals surface area contributed by atoms with Crippen LogP contribution in [0.2, 0.25) is 0 Å². The lowest BCUT2D eigenvalue weighted by Gasteiger charge is -2.49. The monoisotopic (exact) mass is 273 g/mol. The van der Waals surface area contributed by atoms with E-state index in [9.17, 15) is 5.11 Å². The van der Waals surface area contributed by atoms with Crippen molar-refractivity contribution >= 4 is 0 Å². The predicted octanol–water partition coefficient (Wildman–Crippen LogP) is 3.05. The molecule has 0 aromatic heterocycles. The molecule has 1 aliphatic carbocycles. The minimum absolute atomic E-state index is 0.218. The minimum Gasteiger partial charge on any atom is -0.504 e. The summed E-state index contributed by atoms with van der Waals surface area (Å²) in [5.41, 5.74) is 3.00. The SMILES string of the molecule is COc1cc2c(cc1O)[C@]13CCCC[C@H]1CCN3CC2. The van der Waals surface area contributed by atoms with Crippen LogP contribution in [-0.4, -0.2) is 30.2 Å². The molecular formula is C17H23NO2. The third-order valence-electron chi connectivity index (χ3n) is 5.87. The summed E-state index contributed by atoms with van der Waals surface area (Å²) in [5, 5.41) is 10.2. The zero-order valence-electron chi connectivity index (χ0n) is 12.2. The van der Waals surface area contributed by atoms with Gasteiger partial charge in [-0.3, -0.25) is 4.90 Å². The Morgan fingerprint density at radius 2 is 2.15 bits per heavy atom. The lowest BCUT2D eigenvalue weighted by molar-refractivity contribution is 0.0500. The summed E-state index contributed by atoms with van der Waals surface area (Å²) in [7, 11) is 1.63. The van der Waals surface area contributed by atoms with Gasteiger partial charge >= 0.3 is 0 Å². The van der Waals surface area contributed by atoms with Crippen LogP contribution in [0.5, 0.6) is 11.5 Å². The average molecular weight is 273 g/mol. The second-order valence-corrected chi connectivity index (χ2v) is 6.57. The normalized spacial score (nSPS) is 32.4. The highest BCUT2D eigenvalue weighted by Crippen LogP contribution is 2.55. The third-order valence-corrected chi connectivity index (χ3v) is 5.87. The molecule has 0 radical (unpaired) electrons. The van der Waals surface area contributed by atoms with Crippen molar-refractivity contribution in [3.63, 3.8) is 0 Å². The van der Waals surface area contributed by atoms with Gasteiger partial charge in [-0.1, -0.05) is 12.8 Å². The standard InChI is InChI=1S/C17H23NO2/c1-20-16-10-12-5-8-18-9-6-13-4-2-3-7-17(13,18)14(12)11-15(16)19/h10-11,13,19H,2-9H2,1H3/t13-,17-/m0/s1. The Morgan fingerprint density at radius 3 is 3.00 bits per heavy atom. The van der Waals surface area contributed by atoms with Crippen molar-refractivity contribution in [2.75, 3.05) is 20.2 Å². The average Bonchev–Trinajstić information content (AvgIpc) is 2.86. The third kappa shape index (κ3) is 1.50. The van der Waals surface area contributed by atoms with Gasteiger partial charge in [-0.05, 0) is 61.4 Å². The molecule has 1 saturated carbocycles. The zero-order valence-corrected chi connectivity index (χ0v) is 12.2. The molecule has 2 aliphatic heterocycles. The smallest absolute Gasteiger partial charge is 0.160 e. The van der Waals surface area contributed by atoms with Crippen molar-refractivity contribution in [1.29, 1.82) is 0 Å². The first-order valence-corrected chi connectivity index (χ1v) is 7.91. The van der Waals surface area contributed by atoms with Gasteiger partial charge in [0.1, 0.15) is 0 Å². The number of phenols is 1.